The van der Waals surface area contributed by atoms with E-state index in [-0.39, 0.29) is 5.91 Å². The van der Waals surface area contributed by atoms with Gasteiger partial charge in [0, 0.05) is 38.4 Å². The van der Waals surface area contributed by atoms with Gasteiger partial charge in [-0.25, -0.2) is 0 Å². The van der Waals surface area contributed by atoms with Gasteiger partial charge in [-0.3, -0.25) is 9.69 Å². The average molecular weight is 398 g/mol. The Morgan fingerprint density at radius 1 is 1.14 bits per heavy atom. The molecule has 0 unspecified atom stereocenters. The van der Waals surface area contributed by atoms with Crippen molar-refractivity contribution in [1.29, 1.82) is 0 Å². The predicted molar refractivity (Wildman–Crippen MR) is 118 cm³/mol. The Morgan fingerprint density at radius 2 is 1.96 bits per heavy atom. The molecule has 0 atom stereocenters. The monoisotopic (exact) mass is 397 g/mol. The first-order chi connectivity index (χ1) is 13.7. The van der Waals surface area contributed by atoms with Crippen LogP contribution >= 0.6 is 11.3 Å². The first-order valence-electron chi connectivity index (χ1n) is 10.6. The van der Waals surface area contributed by atoms with Gasteiger partial charge in [0.2, 0.25) is 0 Å². The van der Waals surface area contributed by atoms with E-state index in [1.165, 1.54) is 29.7 Å². The summed E-state index contributed by atoms with van der Waals surface area (Å²) in [5.41, 5.74) is 3.95. The van der Waals surface area contributed by atoms with Crippen molar-refractivity contribution in [2.24, 2.45) is 0 Å². The fourth-order valence-electron chi connectivity index (χ4n) is 4.02. The largest absolute Gasteiger partial charge is 0.369 e. The summed E-state index contributed by atoms with van der Waals surface area (Å²) in [5, 5.41) is 5.18. The number of hydrogen-bond acceptors (Lipinski definition) is 4. The van der Waals surface area contributed by atoms with E-state index in [0.29, 0.717) is 5.92 Å². The number of thiophene rings is 1. The normalized spacial score (nSPS) is 17.7. The van der Waals surface area contributed by atoms with Crippen molar-refractivity contribution in [3.63, 3.8) is 0 Å². The third-order valence-electron chi connectivity index (χ3n) is 5.84. The molecule has 150 valence electrons. The van der Waals surface area contributed by atoms with Crippen molar-refractivity contribution in [2.45, 2.75) is 38.5 Å². The van der Waals surface area contributed by atoms with Crippen LogP contribution in [0.5, 0.6) is 0 Å². The zero-order chi connectivity index (χ0) is 19.3. The van der Waals surface area contributed by atoms with Crippen LogP contribution in [-0.2, 0) is 0 Å². The third kappa shape index (κ3) is 4.95. The minimum absolute atomic E-state index is 0.128. The Labute approximate surface area is 172 Å². The van der Waals surface area contributed by atoms with E-state index in [0.717, 1.165) is 57.0 Å². The molecule has 1 N–H and O–H groups in total. The molecule has 2 fully saturated rings. The number of nitrogens with zero attached hydrogens (tertiary/aromatic N) is 2. The molecule has 4 rings (SSSR count). The first-order valence-corrected chi connectivity index (χ1v) is 11.5. The van der Waals surface area contributed by atoms with Crippen LogP contribution in [0.1, 0.15) is 52.4 Å². The lowest BCUT2D eigenvalue weighted by molar-refractivity contribution is 0.0955. The molecule has 5 heteroatoms. The lowest BCUT2D eigenvalue weighted by Gasteiger charge is -2.36. The Morgan fingerprint density at radius 3 is 2.71 bits per heavy atom. The van der Waals surface area contributed by atoms with Crippen LogP contribution in [0.15, 0.2) is 35.7 Å². The van der Waals surface area contributed by atoms with Crippen molar-refractivity contribution < 1.29 is 4.79 Å². The number of unbranched alkanes of at least 4 members (excludes halogenated alkanes) is 1. The highest BCUT2D eigenvalue weighted by Crippen LogP contribution is 2.43. The van der Waals surface area contributed by atoms with E-state index in [1.54, 1.807) is 11.3 Å². The predicted octanol–water partition coefficient (Wildman–Crippen LogP) is 4.27. The highest BCUT2D eigenvalue weighted by atomic mass is 32.1. The quantitative estimate of drug-likeness (QED) is 0.676. The van der Waals surface area contributed by atoms with Gasteiger partial charge >= 0.3 is 0 Å². The van der Waals surface area contributed by atoms with Gasteiger partial charge < -0.3 is 10.2 Å². The maximum atomic E-state index is 12.4. The number of anilines is 1. The van der Waals surface area contributed by atoms with Crippen molar-refractivity contribution in [1.82, 2.24) is 10.2 Å². The Kier molecular flexibility index (Phi) is 6.33. The summed E-state index contributed by atoms with van der Waals surface area (Å²) < 4.78 is 0. The van der Waals surface area contributed by atoms with Gasteiger partial charge in [0.25, 0.3) is 5.91 Å². The fourth-order valence-corrected chi connectivity index (χ4v) is 4.92. The number of benzene rings is 1. The number of amides is 1. The number of carbonyl (C=O) groups excluding carboxylic acids is 1. The molecule has 1 saturated heterocycles. The van der Waals surface area contributed by atoms with Gasteiger partial charge in [-0.1, -0.05) is 12.1 Å². The smallest absolute Gasteiger partial charge is 0.261 e. The van der Waals surface area contributed by atoms with E-state index in [9.17, 15) is 4.79 Å². The van der Waals surface area contributed by atoms with Gasteiger partial charge in [0.15, 0.2) is 0 Å². The SMILES string of the molecule is Cc1cccc(N2CCN(CCCCNC(=O)c3sccc3C3CC3)CC2)c1. The molecule has 2 aromatic rings. The second kappa shape index (κ2) is 9.10. The molecule has 1 aromatic heterocycles. The zero-order valence-corrected chi connectivity index (χ0v) is 17.6. The number of piperazine rings is 1. The second-order valence-corrected chi connectivity index (χ2v) is 9.03. The molecular formula is C23H31N3OS. The van der Waals surface area contributed by atoms with Crippen molar-refractivity contribution >= 4 is 22.9 Å². The van der Waals surface area contributed by atoms with E-state index >= 15 is 0 Å². The number of aryl methyl sites for hydroxylation is 1. The Bertz CT molecular complexity index is 791. The maximum Gasteiger partial charge on any atom is 0.261 e. The lowest BCUT2D eigenvalue weighted by atomic mass is 10.1. The summed E-state index contributed by atoms with van der Waals surface area (Å²) in [6.45, 7) is 8.52. The summed E-state index contributed by atoms with van der Waals surface area (Å²) in [5.74, 6) is 0.772. The van der Waals surface area contributed by atoms with E-state index < -0.39 is 0 Å². The zero-order valence-electron chi connectivity index (χ0n) is 16.8. The highest BCUT2D eigenvalue weighted by molar-refractivity contribution is 7.12. The van der Waals surface area contributed by atoms with Crippen molar-refractivity contribution in [3.8, 4) is 0 Å². The molecule has 1 aliphatic carbocycles. The van der Waals surface area contributed by atoms with Crippen LogP contribution in [0.3, 0.4) is 0 Å². The molecule has 28 heavy (non-hydrogen) atoms. The van der Waals surface area contributed by atoms with Crippen molar-refractivity contribution in [3.05, 3.63) is 51.7 Å². The molecule has 2 aliphatic rings. The first kappa shape index (κ1) is 19.5. The number of nitrogens with one attached hydrogen (secondary N) is 1. The van der Waals surface area contributed by atoms with Crippen LogP contribution in [0, 0.1) is 6.92 Å². The molecule has 4 nitrogen and oxygen atoms in total. The Balaban J connectivity index is 1.12. The van der Waals surface area contributed by atoms with Gasteiger partial charge in [-0.15, -0.1) is 11.3 Å². The van der Waals surface area contributed by atoms with Crippen LogP contribution in [0.25, 0.3) is 0 Å². The number of carbonyl (C=O) groups is 1. The molecular weight excluding hydrogens is 366 g/mol. The topological polar surface area (TPSA) is 35.6 Å². The standard InChI is InChI=1S/C23H31N3OS/c1-18-5-4-6-20(17-18)26-14-12-25(13-15-26)11-3-2-10-24-23(27)22-21(9-16-28-22)19-7-8-19/h4-6,9,16-17,19H,2-3,7-8,10-15H2,1H3,(H,24,27). The van der Waals surface area contributed by atoms with Gasteiger partial charge in [0.1, 0.15) is 0 Å². The maximum absolute atomic E-state index is 12.4. The van der Waals surface area contributed by atoms with Gasteiger partial charge in [0.05, 0.1) is 4.88 Å². The van der Waals surface area contributed by atoms with E-state index in [1.807, 2.05) is 0 Å². The second-order valence-electron chi connectivity index (χ2n) is 8.11. The molecule has 0 bridgehead atoms. The minimum atomic E-state index is 0.128. The molecule has 0 spiro atoms. The summed E-state index contributed by atoms with van der Waals surface area (Å²) >= 11 is 1.59. The highest BCUT2D eigenvalue weighted by Gasteiger charge is 2.28. The summed E-state index contributed by atoms with van der Waals surface area (Å²) in [7, 11) is 0. The molecule has 1 aliphatic heterocycles. The molecule has 0 radical (unpaired) electrons. The van der Waals surface area contributed by atoms with Crippen LogP contribution in [-0.4, -0.2) is 50.1 Å². The van der Waals surface area contributed by atoms with Crippen LogP contribution < -0.4 is 10.2 Å². The Hall–Kier alpha value is -1.85. The number of hydrogen-bond donors (Lipinski definition) is 1. The third-order valence-corrected chi connectivity index (χ3v) is 6.77. The van der Waals surface area contributed by atoms with Crippen molar-refractivity contribution in [2.75, 3.05) is 44.2 Å². The summed E-state index contributed by atoms with van der Waals surface area (Å²) in [6.07, 6.45) is 4.68. The molecule has 1 amide bonds. The summed E-state index contributed by atoms with van der Waals surface area (Å²) in [4.78, 5) is 18.4. The minimum Gasteiger partial charge on any atom is -0.369 e. The van der Waals surface area contributed by atoms with Crippen LogP contribution in [0.4, 0.5) is 5.69 Å². The number of rotatable bonds is 8. The van der Waals surface area contributed by atoms with Gasteiger partial charge in [-0.2, -0.15) is 0 Å². The molecule has 1 aromatic carbocycles. The average Bonchev–Trinajstić information content (AvgIpc) is 3.44. The van der Waals surface area contributed by atoms with E-state index in [4.69, 9.17) is 0 Å². The van der Waals surface area contributed by atoms with Crippen LogP contribution in [0.2, 0.25) is 0 Å². The van der Waals surface area contributed by atoms with Gasteiger partial charge in [-0.05, 0) is 79.8 Å². The van der Waals surface area contributed by atoms with E-state index in [2.05, 4.69) is 57.8 Å². The molecule has 2 heterocycles. The fraction of sp³-hybridized carbons (Fsp3) is 0.522. The molecule has 1 saturated carbocycles. The summed E-state index contributed by atoms with van der Waals surface area (Å²) in [6, 6.07) is 10.9. The lowest BCUT2D eigenvalue weighted by Crippen LogP contribution is -2.46.